The monoisotopic (exact) mass is 401 g/mol. The van der Waals surface area contributed by atoms with Crippen molar-refractivity contribution in [1.82, 2.24) is 10.6 Å². The number of para-hydroxylation sites is 1. The van der Waals surface area contributed by atoms with Gasteiger partial charge in [0.1, 0.15) is 12.4 Å². The summed E-state index contributed by atoms with van der Waals surface area (Å²) in [6.45, 7) is 3.13. The van der Waals surface area contributed by atoms with E-state index in [4.69, 9.17) is 21.7 Å². The fourth-order valence-electron chi connectivity index (χ4n) is 2.35. The molecule has 0 bridgehead atoms. The molecular weight excluding hydrogens is 378 g/mol. The molecule has 148 valence electrons. The summed E-state index contributed by atoms with van der Waals surface area (Å²) in [5.41, 5.74) is 1.45. The smallest absolute Gasteiger partial charge is 0.261 e. The summed E-state index contributed by atoms with van der Waals surface area (Å²) >= 11 is 5.22. The van der Waals surface area contributed by atoms with Crippen LogP contribution in [0.4, 0.5) is 5.69 Å². The molecular formula is C20H23N3O4S. The minimum Gasteiger partial charge on any atom is -0.490 e. The van der Waals surface area contributed by atoms with Gasteiger partial charge in [0.25, 0.3) is 11.8 Å². The van der Waals surface area contributed by atoms with E-state index in [0.29, 0.717) is 42.3 Å². The summed E-state index contributed by atoms with van der Waals surface area (Å²) in [6.07, 6.45) is 0. The zero-order valence-electron chi connectivity index (χ0n) is 15.8. The summed E-state index contributed by atoms with van der Waals surface area (Å²) in [7, 11) is 1.58. The average Bonchev–Trinajstić information content (AvgIpc) is 2.69. The van der Waals surface area contributed by atoms with Gasteiger partial charge in [0.2, 0.25) is 0 Å². The van der Waals surface area contributed by atoms with E-state index < -0.39 is 5.91 Å². The van der Waals surface area contributed by atoms with Crippen LogP contribution in [0.3, 0.4) is 0 Å². The molecule has 0 atom stereocenters. The first-order valence-corrected chi connectivity index (χ1v) is 9.17. The van der Waals surface area contributed by atoms with Crippen LogP contribution in [0, 0.1) is 0 Å². The van der Waals surface area contributed by atoms with Gasteiger partial charge < -0.3 is 20.1 Å². The zero-order chi connectivity index (χ0) is 20.4. The lowest BCUT2D eigenvalue weighted by Gasteiger charge is -2.13. The summed E-state index contributed by atoms with van der Waals surface area (Å²) in [5, 5.41) is 8.38. The number of carbonyl (C=O) groups is 2. The second-order valence-corrected chi connectivity index (χ2v) is 6.09. The van der Waals surface area contributed by atoms with Crippen LogP contribution in [0.25, 0.3) is 0 Å². The highest BCUT2D eigenvalue weighted by molar-refractivity contribution is 7.80. The van der Waals surface area contributed by atoms with Crippen molar-refractivity contribution >= 4 is 34.8 Å². The number of carbonyl (C=O) groups excluding carboxylic acids is 2. The molecule has 0 saturated carbocycles. The summed E-state index contributed by atoms with van der Waals surface area (Å²) < 4.78 is 10.5. The average molecular weight is 401 g/mol. The van der Waals surface area contributed by atoms with Gasteiger partial charge in [-0.2, -0.15) is 0 Å². The lowest BCUT2D eigenvalue weighted by atomic mass is 10.2. The first-order chi connectivity index (χ1) is 13.5. The van der Waals surface area contributed by atoms with Gasteiger partial charge in [0, 0.05) is 24.9 Å². The fourth-order valence-corrected chi connectivity index (χ4v) is 2.56. The number of hydrogen-bond acceptors (Lipinski definition) is 5. The Bertz CT molecular complexity index is 842. The molecule has 3 N–H and O–H groups in total. The number of benzene rings is 2. The zero-order valence-corrected chi connectivity index (χ0v) is 16.6. The molecule has 0 aliphatic heterocycles. The highest BCUT2D eigenvalue weighted by Crippen LogP contribution is 2.18. The Balaban J connectivity index is 2.01. The van der Waals surface area contributed by atoms with Crippen molar-refractivity contribution in [1.29, 1.82) is 0 Å². The van der Waals surface area contributed by atoms with Gasteiger partial charge in [-0.3, -0.25) is 14.9 Å². The van der Waals surface area contributed by atoms with E-state index in [-0.39, 0.29) is 11.0 Å². The number of amides is 2. The molecule has 0 spiro atoms. The maximum absolute atomic E-state index is 12.5. The Morgan fingerprint density at radius 1 is 1.04 bits per heavy atom. The Kier molecular flexibility index (Phi) is 8.38. The summed E-state index contributed by atoms with van der Waals surface area (Å²) in [4.78, 5) is 24.5. The lowest BCUT2D eigenvalue weighted by molar-refractivity contribution is 0.0951. The van der Waals surface area contributed by atoms with Crippen LogP contribution < -0.4 is 20.7 Å². The lowest BCUT2D eigenvalue weighted by Crippen LogP contribution is -2.34. The molecule has 28 heavy (non-hydrogen) atoms. The van der Waals surface area contributed by atoms with E-state index in [1.165, 1.54) is 0 Å². The Morgan fingerprint density at radius 2 is 1.82 bits per heavy atom. The molecule has 2 aromatic rings. The van der Waals surface area contributed by atoms with Crippen LogP contribution in [0.5, 0.6) is 5.75 Å². The van der Waals surface area contributed by atoms with Crippen molar-refractivity contribution in [2.24, 2.45) is 0 Å². The van der Waals surface area contributed by atoms with E-state index in [0.717, 1.165) is 0 Å². The number of anilines is 1. The van der Waals surface area contributed by atoms with Crippen LogP contribution in [0.1, 0.15) is 27.6 Å². The number of nitrogens with one attached hydrogen (secondary N) is 3. The maximum atomic E-state index is 12.5. The fraction of sp³-hybridized carbons (Fsp3) is 0.250. The highest BCUT2D eigenvalue weighted by Gasteiger charge is 2.14. The van der Waals surface area contributed by atoms with Crippen LogP contribution >= 0.6 is 12.2 Å². The standard InChI is InChI=1S/C20H23N3O4S/c1-3-21-18(24)14-7-6-8-15(13-14)22-20(28)23-19(25)16-9-4-5-10-17(16)27-12-11-26-2/h4-10,13H,3,11-12H2,1-2H3,(H,21,24)(H2,22,23,25,28). The van der Waals surface area contributed by atoms with E-state index in [9.17, 15) is 9.59 Å². The number of methoxy groups -OCH3 is 1. The predicted molar refractivity (Wildman–Crippen MR) is 112 cm³/mol. The maximum Gasteiger partial charge on any atom is 0.261 e. The van der Waals surface area contributed by atoms with Crippen LogP contribution in [-0.4, -0.2) is 43.8 Å². The van der Waals surface area contributed by atoms with Crippen LogP contribution in [-0.2, 0) is 4.74 Å². The first kappa shape index (κ1) is 21.3. The van der Waals surface area contributed by atoms with Gasteiger partial charge in [0.15, 0.2) is 5.11 Å². The largest absolute Gasteiger partial charge is 0.490 e. The van der Waals surface area contributed by atoms with Gasteiger partial charge in [-0.05, 0) is 49.5 Å². The minimum absolute atomic E-state index is 0.116. The molecule has 8 heteroatoms. The molecule has 0 aliphatic rings. The topological polar surface area (TPSA) is 88.7 Å². The van der Waals surface area contributed by atoms with Gasteiger partial charge >= 0.3 is 0 Å². The van der Waals surface area contributed by atoms with E-state index >= 15 is 0 Å². The third-order valence-corrected chi connectivity index (χ3v) is 3.83. The third-order valence-electron chi connectivity index (χ3n) is 3.62. The molecule has 0 heterocycles. The van der Waals surface area contributed by atoms with Crippen molar-refractivity contribution in [3.63, 3.8) is 0 Å². The molecule has 0 radical (unpaired) electrons. The molecule has 0 saturated heterocycles. The van der Waals surface area contributed by atoms with Crippen molar-refractivity contribution in [3.8, 4) is 5.75 Å². The van der Waals surface area contributed by atoms with E-state index in [1.807, 2.05) is 6.92 Å². The molecule has 0 aliphatic carbocycles. The molecule has 0 aromatic heterocycles. The van der Waals surface area contributed by atoms with Crippen LogP contribution in [0.2, 0.25) is 0 Å². The number of hydrogen-bond donors (Lipinski definition) is 3. The second kappa shape index (κ2) is 11.0. The van der Waals surface area contributed by atoms with Gasteiger partial charge in [-0.1, -0.05) is 18.2 Å². The Labute approximate surface area is 169 Å². The number of rotatable bonds is 8. The second-order valence-electron chi connectivity index (χ2n) is 5.69. The molecule has 2 rings (SSSR count). The molecule has 2 amide bonds. The highest BCUT2D eigenvalue weighted by atomic mass is 32.1. The van der Waals surface area contributed by atoms with Gasteiger partial charge in [0.05, 0.1) is 12.2 Å². The van der Waals surface area contributed by atoms with Crippen molar-refractivity contribution in [2.75, 3.05) is 32.2 Å². The van der Waals surface area contributed by atoms with E-state index in [2.05, 4.69) is 16.0 Å². The van der Waals surface area contributed by atoms with Gasteiger partial charge in [-0.15, -0.1) is 0 Å². The minimum atomic E-state index is -0.398. The predicted octanol–water partition coefficient (Wildman–Crippen LogP) is 2.59. The Hall–Kier alpha value is -2.97. The summed E-state index contributed by atoms with van der Waals surface area (Å²) in [5.74, 6) is -0.133. The molecule has 2 aromatic carbocycles. The summed E-state index contributed by atoms with van der Waals surface area (Å²) in [6, 6.07) is 13.7. The SMILES string of the molecule is CCNC(=O)c1cccc(NC(=S)NC(=O)c2ccccc2OCCOC)c1. The first-order valence-electron chi connectivity index (χ1n) is 8.76. The third kappa shape index (κ3) is 6.33. The van der Waals surface area contributed by atoms with Crippen LogP contribution in [0.15, 0.2) is 48.5 Å². The quantitative estimate of drug-likeness (QED) is 0.465. The van der Waals surface area contributed by atoms with Crippen molar-refractivity contribution in [2.45, 2.75) is 6.92 Å². The molecule has 0 unspecified atom stereocenters. The van der Waals surface area contributed by atoms with E-state index in [1.54, 1.807) is 55.6 Å². The molecule has 0 fully saturated rings. The van der Waals surface area contributed by atoms with Gasteiger partial charge in [-0.25, -0.2) is 0 Å². The molecule has 7 nitrogen and oxygen atoms in total. The van der Waals surface area contributed by atoms with Crippen molar-refractivity contribution in [3.05, 3.63) is 59.7 Å². The van der Waals surface area contributed by atoms with Crippen molar-refractivity contribution < 1.29 is 19.1 Å². The Morgan fingerprint density at radius 3 is 2.57 bits per heavy atom. The number of ether oxygens (including phenoxy) is 2. The number of thiocarbonyl (C=S) groups is 1. The normalized spacial score (nSPS) is 10.1.